The SMILES string of the molecule is CCCCCCCCCCCCn1c(-c2cccc(-c3nc4ccccc4n3CCCCCCCCCCCC)n2)nc2ccccc21.[Cl-].[Cl-].[Co+2]. The van der Waals surface area contributed by atoms with Gasteiger partial charge in [0.15, 0.2) is 11.6 Å². The number of unbranched alkanes of at least 4 members (excludes halogenated alkanes) is 18. The van der Waals surface area contributed by atoms with Crippen LogP contribution in [0.25, 0.3) is 45.1 Å². The second-order valence-corrected chi connectivity index (χ2v) is 13.9. The normalized spacial score (nSPS) is 11.0. The van der Waals surface area contributed by atoms with Crippen molar-refractivity contribution in [3.63, 3.8) is 0 Å². The van der Waals surface area contributed by atoms with Crippen LogP contribution in [0.5, 0.6) is 0 Å². The van der Waals surface area contributed by atoms with Crippen LogP contribution in [-0.2, 0) is 29.9 Å². The average Bonchev–Trinajstić information content (AvgIpc) is 3.68. The van der Waals surface area contributed by atoms with Gasteiger partial charge in [-0.25, -0.2) is 15.0 Å². The molecule has 3 heterocycles. The number of hydrogen-bond acceptors (Lipinski definition) is 3. The van der Waals surface area contributed by atoms with E-state index in [1.54, 1.807) is 0 Å². The van der Waals surface area contributed by atoms with Gasteiger partial charge in [0.25, 0.3) is 0 Å². The third-order valence-electron chi connectivity index (χ3n) is 9.99. The second kappa shape index (κ2) is 25.6. The minimum atomic E-state index is 0. The van der Waals surface area contributed by atoms with Crippen molar-refractivity contribution in [3.05, 3.63) is 66.7 Å². The van der Waals surface area contributed by atoms with E-state index in [-0.39, 0.29) is 41.6 Å². The Morgan fingerprint density at radius 1 is 0.392 bits per heavy atom. The number of nitrogens with zero attached hydrogens (tertiary/aromatic N) is 5. The van der Waals surface area contributed by atoms with Crippen LogP contribution in [0.3, 0.4) is 0 Å². The van der Waals surface area contributed by atoms with Crippen molar-refractivity contribution in [2.45, 2.75) is 155 Å². The number of halogens is 2. The first-order valence-corrected chi connectivity index (χ1v) is 19.7. The molecule has 0 unspecified atom stereocenters. The summed E-state index contributed by atoms with van der Waals surface area (Å²) in [5, 5.41) is 0. The molecule has 51 heavy (non-hydrogen) atoms. The number of para-hydroxylation sites is 4. The maximum absolute atomic E-state index is 5.26. The molecule has 0 saturated heterocycles. The van der Waals surface area contributed by atoms with E-state index in [0.717, 1.165) is 60.0 Å². The van der Waals surface area contributed by atoms with Gasteiger partial charge in [0, 0.05) is 13.1 Å². The van der Waals surface area contributed by atoms with E-state index in [0.29, 0.717) is 0 Å². The van der Waals surface area contributed by atoms with Gasteiger partial charge in [-0.2, -0.15) is 0 Å². The predicted molar refractivity (Wildman–Crippen MR) is 205 cm³/mol. The van der Waals surface area contributed by atoms with E-state index in [1.807, 2.05) is 0 Å². The molecule has 5 nitrogen and oxygen atoms in total. The van der Waals surface area contributed by atoms with E-state index in [9.17, 15) is 0 Å². The zero-order valence-corrected chi connectivity index (χ0v) is 33.8. The Balaban J connectivity index is 0.00000300. The number of hydrogen-bond donors (Lipinski definition) is 0. The largest absolute Gasteiger partial charge is 2.00 e. The number of imidazole rings is 2. The molecule has 1 radical (unpaired) electrons. The summed E-state index contributed by atoms with van der Waals surface area (Å²) in [4.78, 5) is 15.5. The van der Waals surface area contributed by atoms with E-state index >= 15 is 0 Å². The molecule has 3 aromatic heterocycles. The fraction of sp³-hybridized carbons (Fsp3) is 0.558. The summed E-state index contributed by atoms with van der Waals surface area (Å²) < 4.78 is 4.80. The summed E-state index contributed by atoms with van der Waals surface area (Å²) >= 11 is 0. The van der Waals surface area contributed by atoms with Gasteiger partial charge in [0.05, 0.1) is 22.1 Å². The van der Waals surface area contributed by atoms with Crippen LogP contribution in [0, 0.1) is 0 Å². The molecule has 0 N–H and O–H groups in total. The van der Waals surface area contributed by atoms with Gasteiger partial charge in [-0.3, -0.25) is 0 Å². The molecule has 281 valence electrons. The molecule has 5 aromatic rings. The predicted octanol–water partition coefficient (Wildman–Crippen LogP) is 6.96. The number of benzene rings is 2. The van der Waals surface area contributed by atoms with Gasteiger partial charge in [-0.15, -0.1) is 0 Å². The summed E-state index contributed by atoms with van der Waals surface area (Å²) in [7, 11) is 0. The summed E-state index contributed by atoms with van der Waals surface area (Å²) in [6.07, 6.45) is 26.8. The fourth-order valence-electron chi connectivity index (χ4n) is 7.19. The molecule has 0 atom stereocenters. The minimum absolute atomic E-state index is 0. The second-order valence-electron chi connectivity index (χ2n) is 13.9. The van der Waals surface area contributed by atoms with E-state index in [1.165, 1.54) is 127 Å². The van der Waals surface area contributed by atoms with Crippen LogP contribution in [0.15, 0.2) is 66.7 Å². The standard InChI is InChI=1S/C43H61N5.2ClH.Co/c1-3-5-7-9-11-13-15-17-19-25-34-47-40-32-23-21-28-36(40)45-42(47)38-30-27-31-39(44-38)43-46-37-29-22-24-33-41(37)48(43)35-26-20-18-16-14-12-10-8-6-4-2;;;/h21-24,27-33H,3-20,25-26,34-35H2,1-2H3;2*1H;/q;;;+2/p-2. The van der Waals surface area contributed by atoms with Crippen LogP contribution in [0.4, 0.5) is 0 Å². The van der Waals surface area contributed by atoms with Crippen LogP contribution in [0.2, 0.25) is 0 Å². The number of aryl methyl sites for hydroxylation is 2. The molecule has 0 amide bonds. The zero-order valence-electron chi connectivity index (χ0n) is 31.2. The maximum atomic E-state index is 5.26. The molecular formula is C43H61Cl2CoN5. The van der Waals surface area contributed by atoms with Gasteiger partial charge in [0.1, 0.15) is 11.4 Å². The molecular weight excluding hydrogens is 716 g/mol. The molecule has 0 spiro atoms. The first-order valence-electron chi connectivity index (χ1n) is 19.7. The average molecular weight is 778 g/mol. The van der Waals surface area contributed by atoms with Crippen molar-refractivity contribution >= 4 is 22.1 Å². The van der Waals surface area contributed by atoms with Gasteiger partial charge in [-0.05, 0) is 49.2 Å². The molecule has 0 saturated carbocycles. The Labute approximate surface area is 331 Å². The number of pyridine rings is 1. The van der Waals surface area contributed by atoms with Crippen molar-refractivity contribution in [2.24, 2.45) is 0 Å². The minimum Gasteiger partial charge on any atom is -1.00 e. The van der Waals surface area contributed by atoms with Crippen molar-refractivity contribution in [2.75, 3.05) is 0 Å². The third-order valence-corrected chi connectivity index (χ3v) is 9.99. The summed E-state index contributed by atoms with van der Waals surface area (Å²) in [5.41, 5.74) is 6.33. The first-order chi connectivity index (χ1) is 23.8. The quantitative estimate of drug-likeness (QED) is 0.0638. The van der Waals surface area contributed by atoms with Gasteiger partial charge in [-0.1, -0.05) is 160 Å². The Morgan fingerprint density at radius 3 is 1.10 bits per heavy atom. The van der Waals surface area contributed by atoms with E-state index in [2.05, 4.69) is 89.7 Å². The third kappa shape index (κ3) is 13.5. The fourth-order valence-corrected chi connectivity index (χ4v) is 7.19. The van der Waals surface area contributed by atoms with Gasteiger partial charge in [0.2, 0.25) is 0 Å². The van der Waals surface area contributed by atoms with Crippen molar-refractivity contribution < 1.29 is 41.6 Å². The van der Waals surface area contributed by atoms with E-state index < -0.39 is 0 Å². The molecule has 0 fully saturated rings. The number of aromatic nitrogens is 5. The molecule has 8 heteroatoms. The van der Waals surface area contributed by atoms with Crippen molar-refractivity contribution in [1.29, 1.82) is 0 Å². The topological polar surface area (TPSA) is 48.5 Å². The Bertz CT molecular complexity index is 1530. The maximum Gasteiger partial charge on any atom is 2.00 e. The van der Waals surface area contributed by atoms with Crippen molar-refractivity contribution in [1.82, 2.24) is 24.1 Å². The van der Waals surface area contributed by atoms with Gasteiger partial charge < -0.3 is 33.9 Å². The molecule has 0 aliphatic heterocycles. The number of rotatable bonds is 24. The Morgan fingerprint density at radius 2 is 0.725 bits per heavy atom. The molecule has 0 aliphatic rings. The molecule has 0 bridgehead atoms. The van der Waals surface area contributed by atoms with Crippen LogP contribution in [0.1, 0.15) is 142 Å². The van der Waals surface area contributed by atoms with Crippen molar-refractivity contribution in [3.8, 4) is 23.0 Å². The Kier molecular flexibility index (Phi) is 22.4. The van der Waals surface area contributed by atoms with Crippen LogP contribution in [-0.4, -0.2) is 24.1 Å². The Hall–Kier alpha value is -2.38. The summed E-state index contributed by atoms with van der Waals surface area (Å²) in [5.74, 6) is 1.93. The van der Waals surface area contributed by atoms with Crippen LogP contribution >= 0.6 is 0 Å². The smallest absolute Gasteiger partial charge is 1.00 e. The monoisotopic (exact) mass is 776 g/mol. The molecule has 0 aliphatic carbocycles. The number of fused-ring (bicyclic) bond motifs is 2. The molecule has 5 rings (SSSR count). The van der Waals surface area contributed by atoms with E-state index in [4.69, 9.17) is 15.0 Å². The van der Waals surface area contributed by atoms with Crippen LogP contribution < -0.4 is 24.8 Å². The van der Waals surface area contributed by atoms with Gasteiger partial charge >= 0.3 is 16.8 Å². The summed E-state index contributed by atoms with van der Waals surface area (Å²) in [6.45, 7) is 6.52. The zero-order chi connectivity index (χ0) is 33.2. The first kappa shape index (κ1) is 44.8. The summed E-state index contributed by atoms with van der Waals surface area (Å²) in [6, 6.07) is 23.5. The molecule has 2 aromatic carbocycles.